The molecule has 2 amide bonds. The number of methoxy groups -OCH3 is 1. The Labute approximate surface area is 171 Å². The highest BCUT2D eigenvalue weighted by Gasteiger charge is 2.53. The fourth-order valence-corrected chi connectivity index (χ4v) is 4.48. The van der Waals surface area contributed by atoms with Crippen molar-refractivity contribution in [3.8, 4) is 0 Å². The number of rotatable bonds is 5. The van der Waals surface area contributed by atoms with Crippen LogP contribution in [0.2, 0.25) is 0 Å². The molecule has 1 aromatic carbocycles. The van der Waals surface area contributed by atoms with Crippen molar-refractivity contribution in [1.29, 1.82) is 0 Å². The average Bonchev–Trinajstić information content (AvgIpc) is 3.15. The zero-order chi connectivity index (χ0) is 20.9. The molecule has 1 heterocycles. The molecule has 0 radical (unpaired) electrons. The SMILES string of the molecule is COC(=O)[C@]1(C)CCCN1C(=O)C1(NC(=O)OCc2ccccc2)CCCCC1. The zero-order valence-electron chi connectivity index (χ0n) is 17.2. The molecule has 3 rings (SSSR count). The number of alkyl carbamates (subject to hydrolysis) is 1. The molecule has 29 heavy (non-hydrogen) atoms. The number of ether oxygens (including phenoxy) is 2. The second kappa shape index (κ2) is 8.84. The van der Waals surface area contributed by atoms with Crippen LogP contribution >= 0.6 is 0 Å². The van der Waals surface area contributed by atoms with Crippen molar-refractivity contribution in [1.82, 2.24) is 10.2 Å². The van der Waals surface area contributed by atoms with Gasteiger partial charge in [-0.05, 0) is 38.2 Å². The number of likely N-dealkylation sites (tertiary alicyclic amines) is 1. The van der Waals surface area contributed by atoms with E-state index in [4.69, 9.17) is 9.47 Å². The number of esters is 1. The molecule has 0 unspecified atom stereocenters. The summed E-state index contributed by atoms with van der Waals surface area (Å²) < 4.78 is 10.3. The van der Waals surface area contributed by atoms with Crippen LogP contribution in [0.25, 0.3) is 0 Å². The monoisotopic (exact) mass is 402 g/mol. The maximum atomic E-state index is 13.6. The topological polar surface area (TPSA) is 84.9 Å². The smallest absolute Gasteiger partial charge is 0.408 e. The maximum absolute atomic E-state index is 13.6. The molecule has 1 saturated heterocycles. The number of carbonyl (C=O) groups excluding carboxylic acids is 3. The highest BCUT2D eigenvalue weighted by Crippen LogP contribution is 2.37. The Morgan fingerprint density at radius 3 is 2.38 bits per heavy atom. The van der Waals surface area contributed by atoms with E-state index in [0.717, 1.165) is 31.2 Å². The summed E-state index contributed by atoms with van der Waals surface area (Å²) in [6.45, 7) is 2.36. The average molecular weight is 402 g/mol. The molecule has 1 N–H and O–H groups in total. The highest BCUT2D eigenvalue weighted by molar-refractivity contribution is 5.95. The molecular formula is C22H30N2O5. The highest BCUT2D eigenvalue weighted by atomic mass is 16.5. The third-order valence-corrected chi connectivity index (χ3v) is 6.18. The second-order valence-corrected chi connectivity index (χ2v) is 8.16. The molecule has 0 aromatic heterocycles. The van der Waals surface area contributed by atoms with E-state index in [1.807, 2.05) is 30.3 Å². The van der Waals surface area contributed by atoms with Crippen molar-refractivity contribution in [3.63, 3.8) is 0 Å². The Morgan fingerprint density at radius 2 is 1.72 bits per heavy atom. The van der Waals surface area contributed by atoms with Crippen LogP contribution in [0.1, 0.15) is 57.4 Å². The number of amides is 2. The minimum Gasteiger partial charge on any atom is -0.467 e. The van der Waals surface area contributed by atoms with Gasteiger partial charge in [0.2, 0.25) is 5.91 Å². The van der Waals surface area contributed by atoms with Gasteiger partial charge in [0.25, 0.3) is 0 Å². The van der Waals surface area contributed by atoms with Crippen molar-refractivity contribution < 1.29 is 23.9 Å². The molecule has 7 nitrogen and oxygen atoms in total. The van der Waals surface area contributed by atoms with Gasteiger partial charge in [0.1, 0.15) is 17.7 Å². The molecule has 1 atom stereocenters. The van der Waals surface area contributed by atoms with Gasteiger partial charge >= 0.3 is 12.1 Å². The van der Waals surface area contributed by atoms with E-state index in [1.54, 1.807) is 11.8 Å². The zero-order valence-corrected chi connectivity index (χ0v) is 17.2. The van der Waals surface area contributed by atoms with Crippen LogP contribution in [-0.2, 0) is 25.7 Å². The van der Waals surface area contributed by atoms with Crippen LogP contribution in [0, 0.1) is 0 Å². The molecule has 1 aliphatic heterocycles. The van der Waals surface area contributed by atoms with Crippen LogP contribution in [0.4, 0.5) is 4.79 Å². The third-order valence-electron chi connectivity index (χ3n) is 6.18. The van der Waals surface area contributed by atoms with Crippen molar-refractivity contribution in [2.45, 2.75) is 69.6 Å². The number of hydrogen-bond donors (Lipinski definition) is 1. The van der Waals surface area contributed by atoms with Gasteiger partial charge in [-0.2, -0.15) is 0 Å². The lowest BCUT2D eigenvalue weighted by Gasteiger charge is -2.42. The van der Waals surface area contributed by atoms with Crippen LogP contribution in [0.3, 0.4) is 0 Å². The van der Waals surface area contributed by atoms with Gasteiger partial charge in [0, 0.05) is 6.54 Å². The Bertz CT molecular complexity index is 745. The van der Waals surface area contributed by atoms with Crippen LogP contribution in [0.5, 0.6) is 0 Å². The summed E-state index contributed by atoms with van der Waals surface area (Å²) >= 11 is 0. The molecule has 1 aliphatic carbocycles. The molecule has 0 spiro atoms. The van der Waals surface area contributed by atoms with Gasteiger partial charge in [-0.25, -0.2) is 9.59 Å². The van der Waals surface area contributed by atoms with E-state index in [9.17, 15) is 14.4 Å². The number of carbonyl (C=O) groups is 3. The van der Waals surface area contributed by atoms with Crippen LogP contribution in [0.15, 0.2) is 30.3 Å². The van der Waals surface area contributed by atoms with Gasteiger partial charge < -0.3 is 19.7 Å². The molecule has 1 aromatic rings. The fourth-order valence-electron chi connectivity index (χ4n) is 4.48. The summed E-state index contributed by atoms with van der Waals surface area (Å²) in [5.41, 5.74) is -1.15. The Kier molecular flexibility index (Phi) is 6.45. The second-order valence-electron chi connectivity index (χ2n) is 8.16. The Balaban J connectivity index is 1.74. The van der Waals surface area contributed by atoms with Gasteiger partial charge in [0.15, 0.2) is 0 Å². The number of nitrogens with one attached hydrogen (secondary N) is 1. The van der Waals surface area contributed by atoms with Gasteiger partial charge in [-0.15, -0.1) is 0 Å². The summed E-state index contributed by atoms with van der Waals surface area (Å²) in [4.78, 5) is 40.2. The number of hydrogen-bond acceptors (Lipinski definition) is 5. The predicted molar refractivity (Wildman–Crippen MR) is 107 cm³/mol. The first-order valence-electron chi connectivity index (χ1n) is 10.3. The van der Waals surface area contributed by atoms with Crippen molar-refractivity contribution in [2.75, 3.05) is 13.7 Å². The van der Waals surface area contributed by atoms with E-state index in [-0.39, 0.29) is 12.5 Å². The van der Waals surface area contributed by atoms with Crippen molar-refractivity contribution in [3.05, 3.63) is 35.9 Å². The molecule has 7 heteroatoms. The first-order chi connectivity index (χ1) is 13.9. The molecule has 158 valence electrons. The molecule has 2 fully saturated rings. The third kappa shape index (κ3) is 4.38. The molecular weight excluding hydrogens is 372 g/mol. The van der Waals surface area contributed by atoms with Crippen LogP contribution in [-0.4, -0.2) is 47.6 Å². The van der Waals surface area contributed by atoms with Crippen molar-refractivity contribution >= 4 is 18.0 Å². The van der Waals surface area contributed by atoms with Gasteiger partial charge in [-0.3, -0.25) is 4.79 Å². The van der Waals surface area contributed by atoms with Crippen LogP contribution < -0.4 is 5.32 Å². The largest absolute Gasteiger partial charge is 0.467 e. The minimum atomic E-state index is -1.04. The Morgan fingerprint density at radius 1 is 1.03 bits per heavy atom. The summed E-state index contributed by atoms with van der Waals surface area (Å²) in [6.07, 6.45) is 4.46. The predicted octanol–water partition coefficient (Wildman–Crippen LogP) is 3.17. The summed E-state index contributed by atoms with van der Waals surface area (Å²) in [7, 11) is 1.34. The first-order valence-corrected chi connectivity index (χ1v) is 10.3. The lowest BCUT2D eigenvalue weighted by Crippen LogP contribution is -2.64. The van der Waals surface area contributed by atoms with E-state index in [0.29, 0.717) is 25.8 Å². The number of benzene rings is 1. The summed E-state index contributed by atoms with van der Waals surface area (Å²) in [5, 5.41) is 2.87. The molecule has 1 saturated carbocycles. The standard InChI is InChI=1S/C22H30N2O5/c1-21(19(26)28-2)12-9-15-24(21)18(25)22(13-7-4-8-14-22)23-20(27)29-16-17-10-5-3-6-11-17/h3,5-6,10-11H,4,7-9,12-16H2,1-2H3,(H,23,27)/t21-/m0/s1. The molecule has 0 bridgehead atoms. The quantitative estimate of drug-likeness (QED) is 0.765. The molecule has 2 aliphatic rings. The van der Waals surface area contributed by atoms with E-state index in [1.165, 1.54) is 7.11 Å². The Hall–Kier alpha value is -2.57. The fraction of sp³-hybridized carbons (Fsp3) is 0.591. The van der Waals surface area contributed by atoms with E-state index >= 15 is 0 Å². The summed E-state index contributed by atoms with van der Waals surface area (Å²) in [5.74, 6) is -0.625. The van der Waals surface area contributed by atoms with Gasteiger partial charge in [0.05, 0.1) is 7.11 Å². The minimum absolute atomic E-state index is 0.139. The lowest BCUT2D eigenvalue weighted by atomic mass is 9.79. The lowest BCUT2D eigenvalue weighted by molar-refractivity contribution is -0.161. The van der Waals surface area contributed by atoms with E-state index < -0.39 is 23.1 Å². The van der Waals surface area contributed by atoms with Gasteiger partial charge in [-0.1, -0.05) is 49.6 Å². The number of nitrogens with zero attached hydrogens (tertiary/aromatic N) is 1. The van der Waals surface area contributed by atoms with E-state index in [2.05, 4.69) is 5.32 Å². The maximum Gasteiger partial charge on any atom is 0.408 e. The summed E-state index contributed by atoms with van der Waals surface area (Å²) in [6, 6.07) is 9.41. The first kappa shape index (κ1) is 21.1. The van der Waals surface area contributed by atoms with Crippen molar-refractivity contribution in [2.24, 2.45) is 0 Å². The normalized spacial score (nSPS) is 23.3.